The zero-order valence-electron chi connectivity index (χ0n) is 10.6. The van der Waals surface area contributed by atoms with Crippen LogP contribution in [0, 0.1) is 0 Å². The number of amides is 1. The van der Waals surface area contributed by atoms with E-state index in [1.165, 1.54) is 31.2 Å². The van der Waals surface area contributed by atoms with Crippen LogP contribution in [0.2, 0.25) is 0 Å². The fraction of sp³-hybridized carbons (Fsp3) is 0.182. The van der Waals surface area contributed by atoms with E-state index in [1.807, 2.05) is 0 Å². The van der Waals surface area contributed by atoms with Crippen molar-refractivity contribution in [1.29, 1.82) is 0 Å². The van der Waals surface area contributed by atoms with Gasteiger partial charge in [-0.05, 0) is 23.8 Å². The second-order valence-corrected chi connectivity index (χ2v) is 4.83. The molecule has 104 valence electrons. The molecule has 0 atom stereocenters. The number of nitrogens with one attached hydrogen (secondary N) is 1. The lowest BCUT2D eigenvalue weighted by Crippen LogP contribution is -2.31. The minimum atomic E-state index is -1.63. The molecule has 1 aliphatic heterocycles. The molecule has 0 radical (unpaired) electrons. The van der Waals surface area contributed by atoms with E-state index in [0.29, 0.717) is 22.2 Å². The molecule has 3 N–H and O–H groups in total. The number of nitrogens with zero attached hydrogens (tertiary/aromatic N) is 2. The SMILES string of the molecule is COc1ccc(C=NN=C2NC(=O)CS2)cc1B(O)O. The predicted molar refractivity (Wildman–Crippen MR) is 78.4 cm³/mol. The molecule has 0 aliphatic carbocycles. The molecule has 0 aromatic heterocycles. The molecule has 1 saturated heterocycles. The van der Waals surface area contributed by atoms with Crippen molar-refractivity contribution >= 4 is 41.6 Å². The van der Waals surface area contributed by atoms with Gasteiger partial charge in [0, 0.05) is 5.46 Å². The summed E-state index contributed by atoms with van der Waals surface area (Å²) >= 11 is 1.28. The van der Waals surface area contributed by atoms with Gasteiger partial charge in [0.15, 0.2) is 5.17 Å². The van der Waals surface area contributed by atoms with Gasteiger partial charge in [0.1, 0.15) is 5.75 Å². The van der Waals surface area contributed by atoms with E-state index in [1.54, 1.807) is 12.1 Å². The molecule has 2 rings (SSSR count). The second kappa shape index (κ2) is 6.55. The number of amidine groups is 1. The Labute approximate surface area is 119 Å². The van der Waals surface area contributed by atoms with Crippen molar-refractivity contribution in [2.24, 2.45) is 10.2 Å². The van der Waals surface area contributed by atoms with Gasteiger partial charge in [-0.2, -0.15) is 5.10 Å². The van der Waals surface area contributed by atoms with E-state index in [4.69, 9.17) is 4.74 Å². The average Bonchev–Trinajstić information content (AvgIpc) is 2.84. The summed E-state index contributed by atoms with van der Waals surface area (Å²) in [6.07, 6.45) is 1.45. The van der Waals surface area contributed by atoms with Crippen LogP contribution in [0.3, 0.4) is 0 Å². The van der Waals surface area contributed by atoms with Gasteiger partial charge in [-0.25, -0.2) is 0 Å². The van der Waals surface area contributed by atoms with Crippen LogP contribution in [0.5, 0.6) is 5.75 Å². The van der Waals surface area contributed by atoms with Gasteiger partial charge >= 0.3 is 7.12 Å². The van der Waals surface area contributed by atoms with Crippen molar-refractivity contribution < 1.29 is 19.6 Å². The van der Waals surface area contributed by atoms with Crippen LogP contribution in [0.15, 0.2) is 28.4 Å². The Bertz CT molecular complexity index is 577. The van der Waals surface area contributed by atoms with Gasteiger partial charge in [0.25, 0.3) is 0 Å². The van der Waals surface area contributed by atoms with Crippen molar-refractivity contribution in [2.45, 2.75) is 0 Å². The van der Waals surface area contributed by atoms with Gasteiger partial charge in [0.2, 0.25) is 5.91 Å². The summed E-state index contributed by atoms with van der Waals surface area (Å²) in [5, 5.41) is 29.2. The van der Waals surface area contributed by atoms with Gasteiger partial charge in [-0.1, -0.05) is 11.8 Å². The summed E-state index contributed by atoms with van der Waals surface area (Å²) in [5.41, 5.74) is 0.875. The van der Waals surface area contributed by atoms with Gasteiger partial charge in [0.05, 0.1) is 19.1 Å². The first-order valence-corrected chi connectivity index (χ1v) is 6.66. The molecule has 1 aromatic carbocycles. The Balaban J connectivity index is 2.13. The first-order chi connectivity index (χ1) is 9.60. The van der Waals surface area contributed by atoms with Crippen molar-refractivity contribution in [2.75, 3.05) is 12.9 Å². The van der Waals surface area contributed by atoms with E-state index < -0.39 is 7.12 Å². The second-order valence-electron chi connectivity index (χ2n) is 3.86. The van der Waals surface area contributed by atoms with Gasteiger partial charge in [-0.3, -0.25) is 4.79 Å². The molecular formula is C11H12BN3O4S. The fourth-order valence-electron chi connectivity index (χ4n) is 1.56. The smallest absolute Gasteiger partial charge is 0.492 e. The van der Waals surface area contributed by atoms with Crippen molar-refractivity contribution in [3.05, 3.63) is 23.8 Å². The van der Waals surface area contributed by atoms with Crippen LogP contribution in [-0.4, -0.2) is 47.3 Å². The molecule has 1 fully saturated rings. The summed E-state index contributed by atoms with van der Waals surface area (Å²) in [4.78, 5) is 10.9. The molecule has 9 heteroatoms. The highest BCUT2D eigenvalue weighted by Crippen LogP contribution is 2.10. The maximum Gasteiger partial charge on any atom is 0.492 e. The first-order valence-electron chi connectivity index (χ1n) is 5.68. The normalized spacial score (nSPS) is 16.8. The molecule has 1 amide bonds. The van der Waals surface area contributed by atoms with E-state index in [9.17, 15) is 14.8 Å². The van der Waals surface area contributed by atoms with Gasteiger partial charge in [-0.15, -0.1) is 5.10 Å². The first kappa shape index (κ1) is 14.6. The van der Waals surface area contributed by atoms with Crippen molar-refractivity contribution in [1.82, 2.24) is 5.32 Å². The Kier molecular flexibility index (Phi) is 4.77. The van der Waals surface area contributed by atoms with Crippen LogP contribution in [0.25, 0.3) is 0 Å². The van der Waals surface area contributed by atoms with E-state index in [0.717, 1.165) is 0 Å². The molecule has 0 bridgehead atoms. The monoisotopic (exact) mass is 293 g/mol. The number of hydrogen-bond acceptors (Lipinski definition) is 7. The van der Waals surface area contributed by atoms with Crippen LogP contribution in [-0.2, 0) is 4.79 Å². The molecular weight excluding hydrogens is 281 g/mol. The molecule has 0 saturated carbocycles. The lowest BCUT2D eigenvalue weighted by atomic mass is 9.79. The Hall–Kier alpha value is -1.84. The number of rotatable bonds is 4. The van der Waals surface area contributed by atoms with Crippen LogP contribution < -0.4 is 15.5 Å². The highest BCUT2D eigenvalue weighted by molar-refractivity contribution is 8.15. The van der Waals surface area contributed by atoms with Crippen molar-refractivity contribution in [3.63, 3.8) is 0 Å². The summed E-state index contributed by atoms with van der Waals surface area (Å²) in [7, 11) is -0.185. The van der Waals surface area contributed by atoms with E-state index in [2.05, 4.69) is 15.5 Å². The summed E-state index contributed by atoms with van der Waals surface area (Å²) in [5.74, 6) is 0.624. The lowest BCUT2D eigenvalue weighted by molar-refractivity contribution is -0.116. The molecule has 0 spiro atoms. The number of methoxy groups -OCH3 is 1. The van der Waals surface area contributed by atoms with E-state index in [-0.39, 0.29) is 11.4 Å². The Morgan fingerprint density at radius 1 is 1.50 bits per heavy atom. The molecule has 1 aliphatic rings. The maximum absolute atomic E-state index is 10.9. The Morgan fingerprint density at radius 3 is 2.90 bits per heavy atom. The van der Waals surface area contributed by atoms with Gasteiger partial charge < -0.3 is 20.1 Å². The number of thioether (sulfide) groups is 1. The quantitative estimate of drug-likeness (QED) is 0.372. The lowest BCUT2D eigenvalue weighted by Gasteiger charge is -2.07. The molecule has 1 aromatic rings. The minimum Gasteiger partial charge on any atom is -0.497 e. The number of carbonyl (C=O) groups is 1. The van der Waals surface area contributed by atoms with Crippen molar-refractivity contribution in [3.8, 4) is 5.75 Å². The minimum absolute atomic E-state index is 0.0981. The molecule has 1 heterocycles. The third kappa shape index (κ3) is 3.59. The van der Waals surface area contributed by atoms with Crippen LogP contribution in [0.4, 0.5) is 0 Å². The van der Waals surface area contributed by atoms with E-state index >= 15 is 0 Å². The summed E-state index contributed by atoms with van der Waals surface area (Å²) < 4.78 is 5.02. The fourth-order valence-corrected chi connectivity index (χ4v) is 2.19. The number of carbonyl (C=O) groups excluding carboxylic acids is 1. The number of ether oxygens (including phenoxy) is 1. The summed E-state index contributed by atoms with van der Waals surface area (Å²) in [6, 6.07) is 4.84. The zero-order valence-corrected chi connectivity index (χ0v) is 11.4. The number of benzene rings is 1. The highest BCUT2D eigenvalue weighted by atomic mass is 32.2. The summed E-state index contributed by atoms with van der Waals surface area (Å²) in [6.45, 7) is 0. The highest BCUT2D eigenvalue weighted by Gasteiger charge is 2.17. The molecule has 20 heavy (non-hydrogen) atoms. The molecule has 0 unspecified atom stereocenters. The zero-order chi connectivity index (χ0) is 14.5. The predicted octanol–water partition coefficient (Wildman–Crippen LogP) is -1.07. The third-order valence-corrected chi connectivity index (χ3v) is 3.34. The van der Waals surface area contributed by atoms with Crippen LogP contribution in [0.1, 0.15) is 5.56 Å². The standard InChI is InChI=1S/C11H12BN3O4S/c1-19-9-3-2-7(4-8(9)12(17)18)5-13-15-11-14-10(16)6-20-11/h2-5,17-18H,6H2,1H3,(H,14,15,16). The number of hydrogen-bond donors (Lipinski definition) is 3. The maximum atomic E-state index is 10.9. The largest absolute Gasteiger partial charge is 0.497 e. The topological polar surface area (TPSA) is 104 Å². The van der Waals surface area contributed by atoms with Crippen LogP contribution >= 0.6 is 11.8 Å². The Morgan fingerprint density at radius 2 is 2.30 bits per heavy atom. The molecule has 7 nitrogen and oxygen atoms in total. The third-order valence-electron chi connectivity index (χ3n) is 2.47. The average molecular weight is 293 g/mol.